The van der Waals surface area contributed by atoms with Gasteiger partial charge in [0.1, 0.15) is 29.8 Å². The molecule has 5 atom stereocenters. The van der Waals surface area contributed by atoms with E-state index in [1.54, 1.807) is 14.2 Å². The number of ether oxygens (including phenoxy) is 6. The lowest BCUT2D eigenvalue weighted by Gasteiger charge is -2.46. The highest BCUT2D eigenvalue weighted by Crippen LogP contribution is 2.48. The van der Waals surface area contributed by atoms with Crippen molar-refractivity contribution < 1.29 is 28.4 Å². The first-order valence-corrected chi connectivity index (χ1v) is 20.6. The van der Waals surface area contributed by atoms with Crippen molar-refractivity contribution in [3.63, 3.8) is 0 Å². The fraction of sp³-hybridized carbons (Fsp3) is 0.265. The highest BCUT2D eigenvalue weighted by atomic mass is 35.5. The number of hydrogen-bond acceptors (Lipinski definition) is 7. The number of rotatable bonds is 18. The molecular formula is C49H49ClO6S. The van der Waals surface area contributed by atoms with Gasteiger partial charge < -0.3 is 28.4 Å². The van der Waals surface area contributed by atoms with Crippen LogP contribution in [0.2, 0.25) is 5.02 Å². The minimum atomic E-state index is -0.449. The van der Waals surface area contributed by atoms with E-state index in [0.29, 0.717) is 44.5 Å². The fourth-order valence-electron chi connectivity index (χ4n) is 7.17. The van der Waals surface area contributed by atoms with E-state index in [-0.39, 0.29) is 16.6 Å². The Balaban J connectivity index is 1.27. The van der Waals surface area contributed by atoms with Crippen LogP contribution in [0.1, 0.15) is 44.2 Å². The topological polar surface area (TPSA) is 55.4 Å². The molecule has 294 valence electrons. The number of methoxy groups -OCH3 is 2. The Kier molecular flexibility index (Phi) is 14.7. The monoisotopic (exact) mass is 800 g/mol. The van der Waals surface area contributed by atoms with Crippen molar-refractivity contribution in [2.75, 3.05) is 20.8 Å². The van der Waals surface area contributed by atoms with Crippen LogP contribution >= 0.6 is 23.4 Å². The van der Waals surface area contributed by atoms with Gasteiger partial charge in [0.05, 0.1) is 57.8 Å². The number of benzene rings is 6. The highest BCUT2D eigenvalue weighted by molar-refractivity contribution is 8.00. The second kappa shape index (κ2) is 20.7. The van der Waals surface area contributed by atoms with E-state index in [4.69, 9.17) is 40.0 Å². The summed E-state index contributed by atoms with van der Waals surface area (Å²) in [5, 5.41) is 0.439. The van der Waals surface area contributed by atoms with Gasteiger partial charge in [-0.3, -0.25) is 0 Å². The first-order chi connectivity index (χ1) is 28.1. The average Bonchev–Trinajstić information content (AvgIpc) is 3.26. The molecule has 1 fully saturated rings. The lowest BCUT2D eigenvalue weighted by Crippen LogP contribution is -2.54. The molecule has 0 aromatic heterocycles. The summed E-state index contributed by atoms with van der Waals surface area (Å²) in [6, 6.07) is 53.4. The van der Waals surface area contributed by atoms with Crippen LogP contribution in [0, 0.1) is 0 Å². The zero-order valence-corrected chi connectivity index (χ0v) is 33.9. The van der Waals surface area contributed by atoms with Crippen molar-refractivity contribution in [3.05, 3.63) is 202 Å². The van der Waals surface area contributed by atoms with Gasteiger partial charge >= 0.3 is 0 Å². The molecule has 0 aliphatic carbocycles. The Labute approximate surface area is 346 Å². The Morgan fingerprint density at radius 1 is 0.509 bits per heavy atom. The Morgan fingerprint density at radius 3 is 1.58 bits per heavy atom. The third kappa shape index (κ3) is 11.1. The smallest absolute Gasteiger partial charge is 0.126 e. The summed E-state index contributed by atoms with van der Waals surface area (Å²) in [5.41, 5.74) is 7.46. The van der Waals surface area contributed by atoms with Gasteiger partial charge in [-0.05, 0) is 51.1 Å². The van der Waals surface area contributed by atoms with E-state index >= 15 is 0 Å². The summed E-state index contributed by atoms with van der Waals surface area (Å²) in [7, 11) is 3.33. The summed E-state index contributed by atoms with van der Waals surface area (Å²) in [6.07, 6.45) is -0.626. The summed E-state index contributed by atoms with van der Waals surface area (Å²) in [5.74, 6) is 1.48. The Hall–Kier alpha value is -4.60. The molecule has 1 aliphatic heterocycles. The van der Waals surface area contributed by atoms with Gasteiger partial charge in [0.25, 0.3) is 0 Å². The number of hydrogen-bond donors (Lipinski definition) is 0. The van der Waals surface area contributed by atoms with Crippen molar-refractivity contribution >= 4 is 23.4 Å². The molecule has 6 nitrogen and oxygen atoms in total. The van der Waals surface area contributed by atoms with Crippen LogP contribution in [-0.4, -0.2) is 44.4 Å². The first-order valence-electron chi connectivity index (χ1n) is 19.3. The van der Waals surface area contributed by atoms with Crippen molar-refractivity contribution in [1.29, 1.82) is 0 Å². The summed E-state index contributed by atoms with van der Waals surface area (Å²) >= 11 is 8.80. The molecule has 1 saturated heterocycles. The van der Waals surface area contributed by atoms with Gasteiger partial charge in [-0.2, -0.15) is 0 Å². The van der Waals surface area contributed by atoms with E-state index in [0.717, 1.165) is 50.4 Å². The van der Waals surface area contributed by atoms with Gasteiger partial charge in [0, 0.05) is 17.5 Å². The number of halogens is 1. The molecule has 0 unspecified atom stereocenters. The van der Waals surface area contributed by atoms with E-state index in [1.807, 2.05) is 109 Å². The third-order valence-corrected chi connectivity index (χ3v) is 12.1. The Morgan fingerprint density at radius 2 is 1.04 bits per heavy atom. The minimum absolute atomic E-state index is 0.0967. The van der Waals surface area contributed by atoms with Gasteiger partial charge in [0.15, 0.2) is 0 Å². The number of thioether (sulfide) groups is 1. The second-order valence-electron chi connectivity index (χ2n) is 14.1. The maximum atomic E-state index is 7.06. The molecule has 0 saturated carbocycles. The minimum Gasteiger partial charge on any atom is -0.497 e. The normalized spacial score (nSPS) is 19.2. The molecule has 1 aliphatic rings. The fourth-order valence-corrected chi connectivity index (χ4v) is 8.98. The van der Waals surface area contributed by atoms with Crippen LogP contribution in [-0.2, 0) is 51.8 Å². The first kappa shape index (κ1) is 40.6. The molecular weight excluding hydrogens is 752 g/mol. The van der Waals surface area contributed by atoms with Crippen LogP contribution in [0.5, 0.6) is 11.5 Å². The van der Waals surface area contributed by atoms with E-state index in [9.17, 15) is 0 Å². The SMILES string of the molecule is COc1ccc(Cc2cc([C@@H]3S[C@H](COCc4ccccc4)[C@@H](OCc4ccccc4)[C@H](OCc4ccccc4)[C@H]3OCc3ccccc3)ccc2Cl)c(OC)c1. The van der Waals surface area contributed by atoms with Gasteiger partial charge in [-0.15, -0.1) is 11.8 Å². The predicted molar refractivity (Wildman–Crippen MR) is 229 cm³/mol. The lowest BCUT2D eigenvalue weighted by atomic mass is 9.94. The predicted octanol–water partition coefficient (Wildman–Crippen LogP) is 11.1. The maximum absolute atomic E-state index is 7.06. The van der Waals surface area contributed by atoms with Crippen LogP contribution in [0.25, 0.3) is 0 Å². The molecule has 1 heterocycles. The standard InChI is InChI=1S/C49H49ClO6S/c1-51-42-25-23-39(44(29-42)52-2)27-41-28-40(24-26-43(41)50)49-48(56-33-38-21-13-6-14-22-38)47(55-32-37-19-11-5-12-20-37)46(54-31-36-17-9-4-10-18-36)45(57-49)34-53-30-35-15-7-3-8-16-35/h3-26,28-29,45-49H,27,30-34H2,1-2H3/t45-,46-,47+,48-,49+/m1/s1. The molecule has 0 amide bonds. The van der Waals surface area contributed by atoms with E-state index in [2.05, 4.69) is 60.7 Å². The zero-order chi connectivity index (χ0) is 39.2. The van der Waals surface area contributed by atoms with Crippen molar-refractivity contribution in [2.24, 2.45) is 0 Å². The summed E-state index contributed by atoms with van der Waals surface area (Å²) < 4.78 is 38.8. The van der Waals surface area contributed by atoms with Crippen molar-refractivity contribution in [2.45, 2.75) is 61.7 Å². The molecule has 0 radical (unpaired) electrons. The largest absolute Gasteiger partial charge is 0.497 e. The Bertz CT molecular complexity index is 2100. The quantitative estimate of drug-likeness (QED) is 0.0858. The molecule has 7 rings (SSSR count). The van der Waals surface area contributed by atoms with Crippen LogP contribution < -0.4 is 9.47 Å². The average molecular weight is 801 g/mol. The van der Waals surface area contributed by atoms with Crippen molar-refractivity contribution in [1.82, 2.24) is 0 Å². The zero-order valence-electron chi connectivity index (χ0n) is 32.4. The molecule has 0 spiro atoms. The molecule has 8 heteroatoms. The lowest BCUT2D eigenvalue weighted by molar-refractivity contribution is -0.160. The molecule has 0 N–H and O–H groups in total. The molecule has 0 bridgehead atoms. The van der Waals surface area contributed by atoms with E-state index in [1.165, 1.54) is 0 Å². The van der Waals surface area contributed by atoms with Crippen molar-refractivity contribution in [3.8, 4) is 11.5 Å². The summed E-state index contributed by atoms with van der Waals surface area (Å²) in [6.45, 7) is 2.19. The molecule has 6 aromatic carbocycles. The van der Waals surface area contributed by atoms with Crippen LogP contribution in [0.3, 0.4) is 0 Å². The summed E-state index contributed by atoms with van der Waals surface area (Å²) in [4.78, 5) is 0. The molecule has 57 heavy (non-hydrogen) atoms. The third-order valence-electron chi connectivity index (χ3n) is 10.2. The van der Waals surface area contributed by atoms with Gasteiger partial charge in [-0.25, -0.2) is 0 Å². The maximum Gasteiger partial charge on any atom is 0.126 e. The highest BCUT2D eigenvalue weighted by Gasteiger charge is 2.48. The van der Waals surface area contributed by atoms with Gasteiger partial charge in [0.2, 0.25) is 0 Å². The van der Waals surface area contributed by atoms with Gasteiger partial charge in [-0.1, -0.05) is 151 Å². The van der Waals surface area contributed by atoms with Crippen LogP contribution in [0.15, 0.2) is 158 Å². The van der Waals surface area contributed by atoms with E-state index < -0.39 is 12.2 Å². The second-order valence-corrected chi connectivity index (χ2v) is 15.9. The van der Waals surface area contributed by atoms with Crippen LogP contribution in [0.4, 0.5) is 0 Å². The molecule has 6 aromatic rings.